The Kier molecular flexibility index (Phi) is 6.87. The van der Waals surface area contributed by atoms with E-state index in [1.165, 1.54) is 12.1 Å². The molecule has 0 bridgehead atoms. The molecule has 1 aromatic heterocycles. The quantitative estimate of drug-likeness (QED) is 0.791. The van der Waals surface area contributed by atoms with Crippen LogP contribution in [0.25, 0.3) is 0 Å². The number of aromatic nitrogens is 2. The summed E-state index contributed by atoms with van der Waals surface area (Å²) in [5, 5.41) is 8.91. The minimum atomic E-state index is 0.570. The molecule has 0 fully saturated rings. The van der Waals surface area contributed by atoms with E-state index in [1.807, 2.05) is 11.7 Å². The van der Waals surface area contributed by atoms with Crippen molar-refractivity contribution in [2.45, 2.75) is 59.4 Å². The van der Waals surface area contributed by atoms with Crippen molar-refractivity contribution in [1.82, 2.24) is 15.1 Å². The number of hydrogen-bond donors (Lipinski definition) is 1. The normalized spacial score (nSPS) is 13.2. The Balaban J connectivity index is 2.65. The van der Waals surface area contributed by atoms with Gasteiger partial charge in [-0.15, -0.1) is 0 Å². The number of rotatable bonds is 8. The second kappa shape index (κ2) is 7.91. The Hall–Kier alpha value is -0.540. The second-order valence-corrected chi connectivity index (χ2v) is 5.99. The molecule has 0 spiro atoms. The molecule has 0 saturated heterocycles. The lowest BCUT2D eigenvalue weighted by Crippen LogP contribution is -2.31. The summed E-state index contributed by atoms with van der Waals surface area (Å²) < 4.78 is 1.94. The van der Waals surface area contributed by atoms with E-state index in [2.05, 4.69) is 38.1 Å². The Morgan fingerprint density at radius 1 is 1.32 bits per heavy atom. The summed E-state index contributed by atoms with van der Waals surface area (Å²) in [6, 6.07) is 0.570. The van der Waals surface area contributed by atoms with Gasteiger partial charge >= 0.3 is 0 Å². The number of hydrogen-bond acceptors (Lipinski definition) is 2. The van der Waals surface area contributed by atoms with Crippen LogP contribution in [0.1, 0.15) is 51.9 Å². The highest BCUT2D eigenvalue weighted by Gasteiger charge is 2.15. The zero-order valence-corrected chi connectivity index (χ0v) is 13.7. The molecule has 1 rings (SSSR count). The first-order valence-electron chi connectivity index (χ1n) is 7.43. The van der Waals surface area contributed by atoms with E-state index >= 15 is 0 Å². The van der Waals surface area contributed by atoms with Gasteiger partial charge in [0.05, 0.1) is 16.4 Å². The lowest BCUT2D eigenvalue weighted by Gasteiger charge is -2.20. The fraction of sp³-hybridized carbons (Fsp3) is 0.800. The lowest BCUT2D eigenvalue weighted by atomic mass is 9.99. The molecule has 4 heteroatoms. The maximum absolute atomic E-state index is 6.39. The van der Waals surface area contributed by atoms with E-state index in [0.717, 1.165) is 42.4 Å². The van der Waals surface area contributed by atoms with Crippen LogP contribution >= 0.6 is 11.6 Å². The predicted molar refractivity (Wildman–Crippen MR) is 82.8 cm³/mol. The molecule has 1 atom stereocenters. The van der Waals surface area contributed by atoms with Gasteiger partial charge in [0.2, 0.25) is 0 Å². The van der Waals surface area contributed by atoms with E-state index in [-0.39, 0.29) is 0 Å². The number of nitrogens with zero attached hydrogens (tertiary/aromatic N) is 2. The van der Waals surface area contributed by atoms with Gasteiger partial charge in [0, 0.05) is 13.1 Å². The number of nitrogens with one attached hydrogen (secondary N) is 1. The van der Waals surface area contributed by atoms with Crippen molar-refractivity contribution < 1.29 is 0 Å². The van der Waals surface area contributed by atoms with Crippen molar-refractivity contribution in [2.75, 3.05) is 6.54 Å². The molecule has 1 N–H and O–H groups in total. The van der Waals surface area contributed by atoms with Gasteiger partial charge in [-0.2, -0.15) is 5.10 Å². The molecule has 110 valence electrons. The smallest absolute Gasteiger partial charge is 0.0849 e. The maximum atomic E-state index is 6.39. The van der Waals surface area contributed by atoms with Crippen LogP contribution in [-0.4, -0.2) is 22.4 Å². The number of halogens is 1. The molecule has 1 heterocycles. The minimum Gasteiger partial charge on any atom is -0.314 e. The monoisotopic (exact) mass is 285 g/mol. The maximum Gasteiger partial charge on any atom is 0.0849 e. The van der Waals surface area contributed by atoms with Crippen LogP contribution < -0.4 is 5.32 Å². The highest BCUT2D eigenvalue weighted by molar-refractivity contribution is 6.31. The summed E-state index contributed by atoms with van der Waals surface area (Å²) in [7, 11) is 1.99. The summed E-state index contributed by atoms with van der Waals surface area (Å²) in [6.07, 6.45) is 4.22. The molecule has 0 aliphatic heterocycles. The largest absolute Gasteiger partial charge is 0.314 e. The van der Waals surface area contributed by atoms with Crippen LogP contribution in [0, 0.1) is 5.92 Å². The van der Waals surface area contributed by atoms with Crippen LogP contribution in [0.3, 0.4) is 0 Å². The molecule has 0 radical (unpaired) electrons. The van der Waals surface area contributed by atoms with Crippen molar-refractivity contribution in [3.05, 3.63) is 16.4 Å². The van der Waals surface area contributed by atoms with Crippen LogP contribution in [0.4, 0.5) is 0 Å². The van der Waals surface area contributed by atoms with Gasteiger partial charge in [-0.05, 0) is 38.1 Å². The summed E-state index contributed by atoms with van der Waals surface area (Å²) in [5.74, 6) is 0.720. The van der Waals surface area contributed by atoms with Crippen LogP contribution in [0.5, 0.6) is 0 Å². The molecule has 3 nitrogen and oxygen atoms in total. The van der Waals surface area contributed by atoms with Gasteiger partial charge in [0.1, 0.15) is 0 Å². The zero-order chi connectivity index (χ0) is 14.4. The Morgan fingerprint density at radius 3 is 2.47 bits per heavy atom. The third-order valence-electron chi connectivity index (χ3n) is 3.48. The number of aryl methyl sites for hydroxylation is 2. The molecule has 0 aromatic carbocycles. The highest BCUT2D eigenvalue weighted by atomic mass is 35.5. The summed E-state index contributed by atoms with van der Waals surface area (Å²) in [4.78, 5) is 0. The van der Waals surface area contributed by atoms with Crippen molar-refractivity contribution in [3.63, 3.8) is 0 Å². The molecule has 1 aromatic rings. The summed E-state index contributed by atoms with van der Waals surface area (Å²) in [5.41, 5.74) is 2.19. The van der Waals surface area contributed by atoms with Crippen molar-refractivity contribution in [2.24, 2.45) is 13.0 Å². The molecule has 0 aliphatic carbocycles. The topological polar surface area (TPSA) is 29.9 Å². The van der Waals surface area contributed by atoms with Crippen molar-refractivity contribution in [3.8, 4) is 0 Å². The van der Waals surface area contributed by atoms with Crippen LogP contribution in [0.15, 0.2) is 0 Å². The predicted octanol–water partition coefficient (Wildman–Crippen LogP) is 3.59. The second-order valence-electron chi connectivity index (χ2n) is 5.61. The average molecular weight is 286 g/mol. The Labute approximate surface area is 122 Å². The van der Waals surface area contributed by atoms with Crippen molar-refractivity contribution in [1.29, 1.82) is 0 Å². The van der Waals surface area contributed by atoms with Crippen molar-refractivity contribution >= 4 is 11.6 Å². The summed E-state index contributed by atoms with van der Waals surface area (Å²) in [6.45, 7) is 9.83. The molecular formula is C15H28ClN3. The van der Waals surface area contributed by atoms with E-state index in [1.54, 1.807) is 0 Å². The third kappa shape index (κ3) is 4.81. The third-order valence-corrected chi connectivity index (χ3v) is 3.92. The average Bonchev–Trinajstić information content (AvgIpc) is 2.61. The van der Waals surface area contributed by atoms with Crippen LogP contribution in [0.2, 0.25) is 5.02 Å². The van der Waals surface area contributed by atoms with Gasteiger partial charge in [0.25, 0.3) is 0 Å². The van der Waals surface area contributed by atoms with E-state index in [9.17, 15) is 0 Å². The van der Waals surface area contributed by atoms with E-state index < -0.39 is 0 Å². The summed E-state index contributed by atoms with van der Waals surface area (Å²) >= 11 is 6.39. The zero-order valence-electron chi connectivity index (χ0n) is 13.0. The van der Waals surface area contributed by atoms with Gasteiger partial charge in [-0.1, -0.05) is 39.3 Å². The SMILES string of the molecule is CCNC(CCc1c(Cl)c(CC)nn1C)CC(C)C. The van der Waals surface area contributed by atoms with Gasteiger partial charge in [-0.25, -0.2) is 0 Å². The van der Waals surface area contributed by atoms with Gasteiger partial charge < -0.3 is 5.32 Å². The molecule has 19 heavy (non-hydrogen) atoms. The Bertz CT molecular complexity index is 385. The minimum absolute atomic E-state index is 0.570. The Morgan fingerprint density at radius 2 is 2.00 bits per heavy atom. The fourth-order valence-corrected chi connectivity index (χ4v) is 2.95. The van der Waals surface area contributed by atoms with E-state index in [4.69, 9.17) is 11.6 Å². The van der Waals surface area contributed by atoms with Gasteiger partial charge in [0.15, 0.2) is 0 Å². The highest BCUT2D eigenvalue weighted by Crippen LogP contribution is 2.23. The molecule has 0 amide bonds. The first-order valence-corrected chi connectivity index (χ1v) is 7.80. The van der Waals surface area contributed by atoms with E-state index in [0.29, 0.717) is 6.04 Å². The molecular weight excluding hydrogens is 258 g/mol. The molecule has 0 saturated carbocycles. The molecule has 1 unspecified atom stereocenters. The van der Waals surface area contributed by atoms with Crippen LogP contribution in [-0.2, 0) is 19.9 Å². The lowest BCUT2D eigenvalue weighted by molar-refractivity contribution is 0.402. The first-order chi connectivity index (χ1) is 8.99. The fourth-order valence-electron chi connectivity index (χ4n) is 2.56. The first kappa shape index (κ1) is 16.5. The standard InChI is InChI=1S/C15H28ClN3/c1-6-13-15(16)14(19(5)18-13)9-8-12(17-7-2)10-11(3)4/h11-12,17H,6-10H2,1-5H3. The van der Waals surface area contributed by atoms with Gasteiger partial charge in [-0.3, -0.25) is 4.68 Å². The molecule has 0 aliphatic rings.